The van der Waals surface area contributed by atoms with Gasteiger partial charge in [0.25, 0.3) is 0 Å². The third-order valence-electron chi connectivity index (χ3n) is 3.66. The minimum Gasteiger partial charge on any atom is -0.381 e. The first-order valence-corrected chi connectivity index (χ1v) is 5.67. The first-order chi connectivity index (χ1) is 6.77. The first kappa shape index (κ1) is 10.4. The lowest BCUT2D eigenvalue weighted by atomic mass is 9.82. The van der Waals surface area contributed by atoms with Crippen molar-refractivity contribution in [2.24, 2.45) is 5.92 Å². The van der Waals surface area contributed by atoms with Crippen molar-refractivity contribution >= 4 is 0 Å². The predicted molar refractivity (Wildman–Crippen MR) is 55.4 cm³/mol. The van der Waals surface area contributed by atoms with Crippen molar-refractivity contribution in [2.45, 2.75) is 37.9 Å². The van der Waals surface area contributed by atoms with Gasteiger partial charge in [-0.2, -0.15) is 0 Å². The molecule has 3 unspecified atom stereocenters. The van der Waals surface area contributed by atoms with Gasteiger partial charge >= 0.3 is 0 Å². The molecule has 2 aliphatic heterocycles. The molecule has 2 rings (SSSR count). The van der Waals surface area contributed by atoms with E-state index < -0.39 is 0 Å². The van der Waals surface area contributed by atoms with Crippen LogP contribution in [-0.4, -0.2) is 38.5 Å². The summed E-state index contributed by atoms with van der Waals surface area (Å²) in [5.41, 5.74) is 0.139. The largest absolute Gasteiger partial charge is 0.381 e. The average molecular weight is 199 g/mol. The fourth-order valence-electron chi connectivity index (χ4n) is 2.68. The molecule has 14 heavy (non-hydrogen) atoms. The molecule has 3 heteroatoms. The molecule has 0 aromatic heterocycles. The fourth-order valence-corrected chi connectivity index (χ4v) is 2.68. The lowest BCUT2D eigenvalue weighted by Gasteiger charge is -2.39. The van der Waals surface area contributed by atoms with E-state index in [0.29, 0.717) is 12.0 Å². The van der Waals surface area contributed by atoms with Crippen LogP contribution in [0.15, 0.2) is 0 Å². The monoisotopic (exact) mass is 199 g/mol. The zero-order chi connectivity index (χ0) is 10.0. The minimum atomic E-state index is 0.139. The Kier molecular flexibility index (Phi) is 3.10. The van der Waals surface area contributed by atoms with Gasteiger partial charge in [0.05, 0.1) is 18.3 Å². The summed E-state index contributed by atoms with van der Waals surface area (Å²) in [5, 5.41) is 3.19. The van der Waals surface area contributed by atoms with Crippen molar-refractivity contribution in [1.29, 1.82) is 0 Å². The van der Waals surface area contributed by atoms with Crippen LogP contribution in [0.25, 0.3) is 0 Å². The number of hydrogen-bond acceptors (Lipinski definition) is 3. The van der Waals surface area contributed by atoms with E-state index in [1.54, 1.807) is 0 Å². The summed E-state index contributed by atoms with van der Waals surface area (Å²) in [6.45, 7) is 4.97. The van der Waals surface area contributed by atoms with E-state index in [1.807, 2.05) is 7.05 Å². The van der Waals surface area contributed by atoms with Crippen LogP contribution < -0.4 is 5.32 Å². The van der Waals surface area contributed by atoms with Crippen LogP contribution >= 0.6 is 0 Å². The van der Waals surface area contributed by atoms with Crippen LogP contribution in [0.3, 0.4) is 0 Å². The highest BCUT2D eigenvalue weighted by molar-refractivity contribution is 4.95. The summed E-state index contributed by atoms with van der Waals surface area (Å²) in [6, 6.07) is 0. The molecular formula is C11H21NO2. The van der Waals surface area contributed by atoms with Crippen molar-refractivity contribution in [3.63, 3.8) is 0 Å². The average Bonchev–Trinajstić information content (AvgIpc) is 2.57. The number of nitrogens with one attached hydrogen (secondary N) is 1. The molecule has 2 aliphatic rings. The van der Waals surface area contributed by atoms with Crippen LogP contribution in [0.2, 0.25) is 0 Å². The van der Waals surface area contributed by atoms with Gasteiger partial charge in [-0.25, -0.2) is 0 Å². The number of hydrogen-bond donors (Lipinski definition) is 1. The van der Waals surface area contributed by atoms with Crippen LogP contribution in [0.4, 0.5) is 0 Å². The molecule has 1 N–H and O–H groups in total. The van der Waals surface area contributed by atoms with Crippen LogP contribution in [0.1, 0.15) is 26.2 Å². The van der Waals surface area contributed by atoms with Crippen molar-refractivity contribution in [3.8, 4) is 0 Å². The highest BCUT2D eigenvalue weighted by Gasteiger charge is 2.45. The van der Waals surface area contributed by atoms with E-state index in [-0.39, 0.29) is 5.60 Å². The molecule has 3 atom stereocenters. The normalized spacial score (nSPS) is 43.3. The minimum absolute atomic E-state index is 0.139. The van der Waals surface area contributed by atoms with Gasteiger partial charge in [0.15, 0.2) is 0 Å². The van der Waals surface area contributed by atoms with E-state index in [4.69, 9.17) is 9.47 Å². The first-order valence-electron chi connectivity index (χ1n) is 5.67. The van der Waals surface area contributed by atoms with Gasteiger partial charge in [-0.15, -0.1) is 0 Å². The molecule has 3 nitrogen and oxygen atoms in total. The topological polar surface area (TPSA) is 30.5 Å². The Morgan fingerprint density at radius 1 is 1.43 bits per heavy atom. The van der Waals surface area contributed by atoms with Gasteiger partial charge in [0.1, 0.15) is 0 Å². The number of rotatable bonds is 2. The van der Waals surface area contributed by atoms with Gasteiger partial charge in [0.2, 0.25) is 0 Å². The summed E-state index contributed by atoms with van der Waals surface area (Å²) in [4.78, 5) is 0. The Bertz CT molecular complexity index is 198. The molecule has 1 spiro atoms. The second kappa shape index (κ2) is 4.17. The Hall–Kier alpha value is -0.120. The molecule has 0 aliphatic carbocycles. The van der Waals surface area contributed by atoms with E-state index in [0.717, 1.165) is 26.2 Å². The van der Waals surface area contributed by atoms with E-state index in [9.17, 15) is 0 Å². The summed E-state index contributed by atoms with van der Waals surface area (Å²) in [6.07, 6.45) is 3.91. The Morgan fingerprint density at radius 2 is 2.29 bits per heavy atom. The second-order valence-corrected chi connectivity index (χ2v) is 4.63. The zero-order valence-electron chi connectivity index (χ0n) is 9.21. The van der Waals surface area contributed by atoms with Gasteiger partial charge in [-0.3, -0.25) is 0 Å². The van der Waals surface area contributed by atoms with Crippen molar-refractivity contribution in [2.75, 3.05) is 26.8 Å². The molecule has 0 bridgehead atoms. The van der Waals surface area contributed by atoms with Crippen molar-refractivity contribution < 1.29 is 9.47 Å². The second-order valence-electron chi connectivity index (χ2n) is 4.63. The van der Waals surface area contributed by atoms with Crippen LogP contribution in [0.5, 0.6) is 0 Å². The Morgan fingerprint density at radius 3 is 3.00 bits per heavy atom. The van der Waals surface area contributed by atoms with Crippen molar-refractivity contribution in [3.05, 3.63) is 0 Å². The van der Waals surface area contributed by atoms with E-state index in [2.05, 4.69) is 12.2 Å². The van der Waals surface area contributed by atoms with Gasteiger partial charge < -0.3 is 14.8 Å². The van der Waals surface area contributed by atoms with Gasteiger partial charge in [0, 0.05) is 25.5 Å². The third kappa shape index (κ3) is 1.81. The summed E-state index contributed by atoms with van der Waals surface area (Å²) >= 11 is 0. The molecule has 0 amide bonds. The van der Waals surface area contributed by atoms with Crippen molar-refractivity contribution in [1.82, 2.24) is 5.32 Å². The zero-order valence-corrected chi connectivity index (χ0v) is 9.21. The lowest BCUT2D eigenvalue weighted by molar-refractivity contribution is -0.137. The molecule has 0 aromatic carbocycles. The summed E-state index contributed by atoms with van der Waals surface area (Å²) < 4.78 is 11.7. The van der Waals surface area contributed by atoms with Gasteiger partial charge in [-0.1, -0.05) is 6.92 Å². The van der Waals surface area contributed by atoms with Crippen LogP contribution in [0, 0.1) is 5.92 Å². The predicted octanol–water partition coefficient (Wildman–Crippen LogP) is 1.18. The molecule has 2 saturated heterocycles. The molecule has 2 fully saturated rings. The maximum atomic E-state index is 6.20. The standard InChI is InChI=1S/C11H21NO2/c1-9-8-13-6-5-11(9)4-3-10(14-11)7-12-2/h9-10,12H,3-8H2,1-2H3. The SMILES string of the molecule is CNCC1CCC2(CCOCC2C)O1. The molecular weight excluding hydrogens is 178 g/mol. The third-order valence-corrected chi connectivity index (χ3v) is 3.66. The summed E-state index contributed by atoms with van der Waals surface area (Å²) in [7, 11) is 1.99. The molecule has 2 heterocycles. The molecule has 0 aromatic rings. The highest BCUT2D eigenvalue weighted by atomic mass is 16.5. The molecule has 0 saturated carbocycles. The quantitative estimate of drug-likeness (QED) is 0.724. The number of likely N-dealkylation sites (N-methyl/N-ethyl adjacent to an activating group) is 1. The van der Waals surface area contributed by atoms with Crippen LogP contribution in [-0.2, 0) is 9.47 Å². The molecule has 82 valence electrons. The lowest BCUT2D eigenvalue weighted by Crippen LogP contribution is -2.44. The Balaban J connectivity index is 1.96. The summed E-state index contributed by atoms with van der Waals surface area (Å²) in [5.74, 6) is 0.554. The Labute approximate surface area is 86.2 Å². The highest BCUT2D eigenvalue weighted by Crippen LogP contribution is 2.41. The fraction of sp³-hybridized carbons (Fsp3) is 1.00. The maximum Gasteiger partial charge on any atom is 0.0757 e. The number of ether oxygens (including phenoxy) is 2. The smallest absolute Gasteiger partial charge is 0.0757 e. The molecule has 0 radical (unpaired) electrons. The maximum absolute atomic E-state index is 6.20. The van der Waals surface area contributed by atoms with E-state index in [1.165, 1.54) is 12.8 Å². The van der Waals surface area contributed by atoms with Gasteiger partial charge in [-0.05, 0) is 19.9 Å². The van der Waals surface area contributed by atoms with E-state index >= 15 is 0 Å².